The van der Waals surface area contributed by atoms with Gasteiger partial charge in [-0.15, -0.1) is 23.2 Å². The summed E-state index contributed by atoms with van der Waals surface area (Å²) in [5.41, 5.74) is 0. The monoisotopic (exact) mass is 186 g/mol. The molecule has 0 rings (SSSR count). The molecule has 8 heavy (non-hydrogen) atoms. The zero-order valence-electron chi connectivity index (χ0n) is 5.16. The number of hydrogen-bond acceptors (Lipinski definition) is 0. The van der Waals surface area contributed by atoms with Crippen molar-refractivity contribution in [2.45, 2.75) is 23.1 Å². The summed E-state index contributed by atoms with van der Waals surface area (Å²) >= 11 is 11.1. The zero-order valence-corrected chi connectivity index (χ0v) is 9.50. The SMILES string of the molecule is C[SiH2]CC[SiH2]C(Cl)Cl. The summed E-state index contributed by atoms with van der Waals surface area (Å²) in [5, 5.41) is 0. The van der Waals surface area contributed by atoms with Gasteiger partial charge >= 0.3 is 0 Å². The fraction of sp³-hybridized carbons (Fsp3) is 1.00. The Bertz CT molecular complexity index is 49.3. The molecule has 0 heterocycles. The molecule has 0 nitrogen and oxygen atoms in total. The van der Waals surface area contributed by atoms with Gasteiger partial charge in [0.1, 0.15) is 0 Å². The molecule has 0 fully saturated rings. The summed E-state index contributed by atoms with van der Waals surface area (Å²) in [5.74, 6) is 0. The second kappa shape index (κ2) is 6.14. The van der Waals surface area contributed by atoms with Crippen molar-refractivity contribution in [3.05, 3.63) is 0 Å². The van der Waals surface area contributed by atoms with Crippen molar-refractivity contribution in [2.24, 2.45) is 0 Å². The minimum absolute atomic E-state index is 0.00977. The van der Waals surface area contributed by atoms with Crippen molar-refractivity contribution in [1.82, 2.24) is 0 Å². The van der Waals surface area contributed by atoms with Crippen LogP contribution in [0.15, 0.2) is 0 Å². The highest BCUT2D eigenvalue weighted by Crippen LogP contribution is 2.02. The Balaban J connectivity index is 2.72. The van der Waals surface area contributed by atoms with Gasteiger partial charge in [0.15, 0.2) is 0 Å². The molecule has 0 amide bonds. The molecular formula is C4H12Cl2Si2. The Morgan fingerprint density at radius 3 is 2.38 bits per heavy atom. The van der Waals surface area contributed by atoms with Crippen LogP contribution in [0.2, 0.25) is 18.6 Å². The van der Waals surface area contributed by atoms with Crippen LogP contribution in [0.25, 0.3) is 0 Å². The average Bonchev–Trinajstić information content (AvgIpc) is 1.66. The number of halogens is 2. The molecule has 0 radical (unpaired) electrons. The molecular weight excluding hydrogens is 175 g/mol. The van der Waals surface area contributed by atoms with Crippen molar-refractivity contribution in [1.29, 1.82) is 0 Å². The molecule has 0 saturated heterocycles. The van der Waals surface area contributed by atoms with Gasteiger partial charge in [-0.2, -0.15) is 0 Å². The van der Waals surface area contributed by atoms with Crippen LogP contribution in [0.1, 0.15) is 0 Å². The molecule has 0 N–H and O–H groups in total. The van der Waals surface area contributed by atoms with Crippen molar-refractivity contribution in [3.8, 4) is 0 Å². The van der Waals surface area contributed by atoms with E-state index in [1.807, 2.05) is 0 Å². The number of hydrogen-bond donors (Lipinski definition) is 0. The van der Waals surface area contributed by atoms with Gasteiger partial charge in [0.2, 0.25) is 0 Å². The zero-order chi connectivity index (χ0) is 6.41. The summed E-state index contributed by atoms with van der Waals surface area (Å²) in [7, 11) is 0.189. The van der Waals surface area contributed by atoms with Gasteiger partial charge in [0, 0.05) is 9.52 Å². The molecule has 0 unspecified atom stereocenters. The fourth-order valence-corrected chi connectivity index (χ4v) is 4.94. The Labute approximate surface area is 65.6 Å². The van der Waals surface area contributed by atoms with Crippen molar-refractivity contribution < 1.29 is 0 Å². The van der Waals surface area contributed by atoms with E-state index in [1.54, 1.807) is 0 Å². The standard InChI is InChI=1S/C4H12Cl2Si2/c1-7-2-3-8-4(5)6/h4H,2-3,7-8H2,1H3. The second-order valence-electron chi connectivity index (χ2n) is 1.89. The van der Waals surface area contributed by atoms with Crippen LogP contribution >= 0.6 is 23.2 Å². The van der Waals surface area contributed by atoms with E-state index in [4.69, 9.17) is 23.2 Å². The smallest absolute Gasteiger partial charge is 0.0907 e. The molecule has 0 atom stereocenters. The van der Waals surface area contributed by atoms with E-state index >= 15 is 0 Å². The van der Waals surface area contributed by atoms with E-state index in [1.165, 1.54) is 12.1 Å². The van der Waals surface area contributed by atoms with Crippen LogP contribution in [0.3, 0.4) is 0 Å². The van der Waals surface area contributed by atoms with E-state index in [2.05, 4.69) is 6.55 Å². The quantitative estimate of drug-likeness (QED) is 0.349. The molecule has 0 aliphatic carbocycles. The van der Waals surface area contributed by atoms with Crippen LogP contribution in [0, 0.1) is 0 Å². The third-order valence-electron chi connectivity index (χ3n) is 1.03. The maximum absolute atomic E-state index is 5.56. The largest absolute Gasteiger partial charge is 0.110 e. The minimum atomic E-state index is -0.0993. The molecule has 50 valence electrons. The summed E-state index contributed by atoms with van der Waals surface area (Å²) in [6, 6.07) is 2.81. The van der Waals surface area contributed by atoms with E-state index < -0.39 is 0 Å². The number of rotatable bonds is 4. The molecule has 0 bridgehead atoms. The topological polar surface area (TPSA) is 0 Å². The van der Waals surface area contributed by atoms with Gasteiger partial charge in [0.05, 0.1) is 14.0 Å². The molecule has 0 aromatic carbocycles. The van der Waals surface area contributed by atoms with Gasteiger partial charge in [-0.25, -0.2) is 0 Å². The summed E-state index contributed by atoms with van der Waals surface area (Å²) in [6.45, 7) is 2.33. The summed E-state index contributed by atoms with van der Waals surface area (Å²) in [6.07, 6.45) is 0. The van der Waals surface area contributed by atoms with E-state index in [-0.39, 0.29) is 23.5 Å². The molecule has 0 spiro atoms. The van der Waals surface area contributed by atoms with E-state index in [0.29, 0.717) is 0 Å². The second-order valence-corrected chi connectivity index (χ2v) is 8.01. The van der Waals surface area contributed by atoms with E-state index in [9.17, 15) is 0 Å². The van der Waals surface area contributed by atoms with Gasteiger partial charge in [-0.3, -0.25) is 0 Å². The first-order valence-corrected chi connectivity index (χ1v) is 8.16. The molecule has 0 aliphatic rings. The van der Waals surface area contributed by atoms with Gasteiger partial charge < -0.3 is 0 Å². The first kappa shape index (κ1) is 9.01. The summed E-state index contributed by atoms with van der Waals surface area (Å²) in [4.78, 5) is 0. The predicted molar refractivity (Wildman–Crippen MR) is 48.1 cm³/mol. The predicted octanol–water partition coefficient (Wildman–Crippen LogP) is 0.970. The van der Waals surface area contributed by atoms with Crippen LogP contribution in [0.4, 0.5) is 0 Å². The molecule has 0 aromatic rings. The maximum Gasteiger partial charge on any atom is 0.0907 e. The van der Waals surface area contributed by atoms with Crippen LogP contribution in [-0.2, 0) is 0 Å². The lowest BCUT2D eigenvalue weighted by atomic mass is 10.9. The lowest BCUT2D eigenvalue weighted by Gasteiger charge is -1.95. The molecule has 0 saturated carbocycles. The Morgan fingerprint density at radius 2 is 2.00 bits per heavy atom. The van der Waals surface area contributed by atoms with Crippen molar-refractivity contribution >= 4 is 42.2 Å². The summed E-state index contributed by atoms with van der Waals surface area (Å²) < 4.78 is 0.00977. The third-order valence-corrected chi connectivity index (χ3v) is 5.89. The highest BCUT2D eigenvalue weighted by molar-refractivity contribution is 6.68. The lowest BCUT2D eigenvalue weighted by molar-refractivity contribution is 1.40. The normalized spacial score (nSPS) is 13.5. The van der Waals surface area contributed by atoms with Crippen LogP contribution in [-0.4, -0.2) is 23.5 Å². The Hall–Kier alpha value is 1.01. The molecule has 0 aromatic heterocycles. The van der Waals surface area contributed by atoms with Crippen molar-refractivity contribution in [2.75, 3.05) is 0 Å². The number of alkyl halides is 2. The van der Waals surface area contributed by atoms with Crippen molar-refractivity contribution in [3.63, 3.8) is 0 Å². The minimum Gasteiger partial charge on any atom is -0.110 e. The first-order valence-electron chi connectivity index (χ1n) is 3.05. The van der Waals surface area contributed by atoms with Gasteiger partial charge in [0.25, 0.3) is 0 Å². The Morgan fingerprint density at radius 1 is 1.38 bits per heavy atom. The van der Waals surface area contributed by atoms with Gasteiger partial charge in [-0.05, 0) is 0 Å². The average molecular weight is 187 g/mol. The van der Waals surface area contributed by atoms with E-state index in [0.717, 1.165) is 0 Å². The first-order chi connectivity index (χ1) is 3.77. The molecule has 0 aliphatic heterocycles. The van der Waals surface area contributed by atoms with Crippen LogP contribution < -0.4 is 0 Å². The lowest BCUT2D eigenvalue weighted by Crippen LogP contribution is -2.00. The highest BCUT2D eigenvalue weighted by Gasteiger charge is 1.96. The van der Waals surface area contributed by atoms with Crippen LogP contribution in [0.5, 0.6) is 0 Å². The highest BCUT2D eigenvalue weighted by atomic mass is 35.5. The fourth-order valence-electron chi connectivity index (χ4n) is 0.549. The third kappa shape index (κ3) is 7.01. The maximum atomic E-state index is 5.56. The molecule has 4 heteroatoms. The Kier molecular flexibility index (Phi) is 6.92. The van der Waals surface area contributed by atoms with Gasteiger partial charge in [-0.1, -0.05) is 18.6 Å².